The molecule has 0 unspecified atom stereocenters. The van der Waals surface area contributed by atoms with Crippen molar-refractivity contribution in [1.82, 2.24) is 28.8 Å². The van der Waals surface area contributed by atoms with Crippen LogP contribution in [-0.2, 0) is 6.54 Å². The highest BCUT2D eigenvalue weighted by atomic mass is 32.1. The standard InChI is InChI=1S/C14H14N6O2S/c1-7-6-23-13-17-18(14(22)19(7)13)5-10-4-11(21)20-12(15-10)8(2)9(3)16-20/h4,6,16H,5H2,1-3H3. The van der Waals surface area contributed by atoms with Gasteiger partial charge in [-0.1, -0.05) is 0 Å². The van der Waals surface area contributed by atoms with Gasteiger partial charge in [-0.2, -0.15) is 0 Å². The molecule has 0 aromatic carbocycles. The third-order valence-electron chi connectivity index (χ3n) is 3.96. The van der Waals surface area contributed by atoms with Gasteiger partial charge in [0.2, 0.25) is 4.96 Å². The van der Waals surface area contributed by atoms with Gasteiger partial charge in [-0.05, 0) is 20.8 Å². The molecule has 0 saturated carbocycles. The summed E-state index contributed by atoms with van der Waals surface area (Å²) in [5.41, 5.74) is 3.33. The average Bonchev–Trinajstić information content (AvgIpc) is 3.11. The van der Waals surface area contributed by atoms with Crippen molar-refractivity contribution in [3.8, 4) is 0 Å². The zero-order chi connectivity index (χ0) is 16.3. The number of thiazole rings is 1. The molecule has 1 N–H and O–H groups in total. The molecule has 118 valence electrons. The first-order chi connectivity index (χ1) is 11.0. The Morgan fingerprint density at radius 3 is 2.78 bits per heavy atom. The Balaban J connectivity index is 1.86. The SMILES string of the molecule is Cc1[nH]n2c(=O)cc(Cn3nc4scc(C)n4c3=O)nc2c1C. The summed E-state index contributed by atoms with van der Waals surface area (Å²) in [5.74, 6) is 0. The summed E-state index contributed by atoms with van der Waals surface area (Å²) < 4.78 is 4.31. The molecule has 4 rings (SSSR count). The highest BCUT2D eigenvalue weighted by Gasteiger charge is 2.14. The van der Waals surface area contributed by atoms with Gasteiger partial charge in [0.05, 0.1) is 12.2 Å². The fourth-order valence-corrected chi connectivity index (χ4v) is 3.46. The number of hydrogen-bond acceptors (Lipinski definition) is 5. The first-order valence-electron chi connectivity index (χ1n) is 7.07. The number of nitrogens with zero attached hydrogens (tertiary/aromatic N) is 5. The van der Waals surface area contributed by atoms with Crippen molar-refractivity contribution in [2.24, 2.45) is 0 Å². The summed E-state index contributed by atoms with van der Waals surface area (Å²) in [6.45, 7) is 5.82. The minimum absolute atomic E-state index is 0.169. The van der Waals surface area contributed by atoms with E-state index in [0.717, 1.165) is 17.0 Å². The van der Waals surface area contributed by atoms with Crippen molar-refractivity contribution in [2.75, 3.05) is 0 Å². The fraction of sp³-hybridized carbons (Fsp3) is 0.286. The molecule has 0 aliphatic carbocycles. The lowest BCUT2D eigenvalue weighted by Crippen LogP contribution is -2.24. The van der Waals surface area contributed by atoms with E-state index in [2.05, 4.69) is 15.2 Å². The molecule has 0 radical (unpaired) electrons. The Labute approximate surface area is 133 Å². The first-order valence-corrected chi connectivity index (χ1v) is 7.95. The number of aromatic amines is 1. The van der Waals surface area contributed by atoms with Crippen molar-refractivity contribution in [3.05, 3.63) is 54.9 Å². The Morgan fingerprint density at radius 2 is 2.04 bits per heavy atom. The van der Waals surface area contributed by atoms with E-state index < -0.39 is 0 Å². The number of H-pyrrole nitrogens is 1. The lowest BCUT2D eigenvalue weighted by atomic mass is 10.3. The molecule has 0 amide bonds. The second-order valence-corrected chi connectivity index (χ2v) is 6.38. The number of nitrogens with one attached hydrogen (secondary N) is 1. The number of fused-ring (bicyclic) bond motifs is 2. The third-order valence-corrected chi connectivity index (χ3v) is 4.89. The zero-order valence-corrected chi connectivity index (χ0v) is 13.6. The molecule has 0 bridgehead atoms. The van der Waals surface area contributed by atoms with Crippen molar-refractivity contribution < 1.29 is 0 Å². The quantitative estimate of drug-likeness (QED) is 0.590. The Hall–Kier alpha value is -2.68. The molecular weight excluding hydrogens is 316 g/mol. The first kappa shape index (κ1) is 13.9. The second-order valence-electron chi connectivity index (χ2n) is 5.54. The van der Waals surface area contributed by atoms with Gasteiger partial charge in [-0.15, -0.1) is 16.4 Å². The Kier molecular flexibility index (Phi) is 2.82. The zero-order valence-electron chi connectivity index (χ0n) is 12.8. The van der Waals surface area contributed by atoms with Gasteiger partial charge >= 0.3 is 5.69 Å². The molecule has 0 saturated heterocycles. The highest BCUT2D eigenvalue weighted by molar-refractivity contribution is 7.15. The maximum absolute atomic E-state index is 12.4. The normalized spacial score (nSPS) is 11.8. The van der Waals surface area contributed by atoms with E-state index in [-0.39, 0.29) is 17.8 Å². The van der Waals surface area contributed by atoms with Gasteiger partial charge in [-0.25, -0.2) is 23.4 Å². The van der Waals surface area contributed by atoms with E-state index >= 15 is 0 Å². The minimum Gasteiger partial charge on any atom is -0.294 e. The maximum atomic E-state index is 12.4. The topological polar surface area (TPSA) is 89.5 Å². The molecule has 4 aromatic heterocycles. The van der Waals surface area contributed by atoms with Crippen LogP contribution in [0.1, 0.15) is 22.6 Å². The summed E-state index contributed by atoms with van der Waals surface area (Å²) in [6, 6.07) is 1.43. The predicted molar refractivity (Wildman–Crippen MR) is 86.5 cm³/mol. The third kappa shape index (κ3) is 1.96. The molecule has 0 aliphatic heterocycles. The van der Waals surface area contributed by atoms with Gasteiger partial charge < -0.3 is 0 Å². The minimum atomic E-state index is -0.220. The van der Waals surface area contributed by atoms with Crippen LogP contribution >= 0.6 is 11.3 Å². The number of aromatic nitrogens is 6. The Morgan fingerprint density at radius 1 is 1.26 bits per heavy atom. The lowest BCUT2D eigenvalue weighted by molar-refractivity contribution is 0.643. The number of rotatable bonds is 2. The Bertz CT molecular complexity index is 1170. The van der Waals surface area contributed by atoms with Crippen LogP contribution in [0.2, 0.25) is 0 Å². The van der Waals surface area contributed by atoms with E-state index in [1.807, 2.05) is 26.2 Å². The lowest BCUT2D eigenvalue weighted by Gasteiger charge is -2.01. The van der Waals surface area contributed by atoms with Crippen LogP contribution in [-0.4, -0.2) is 28.8 Å². The van der Waals surface area contributed by atoms with Crippen molar-refractivity contribution in [3.63, 3.8) is 0 Å². The summed E-state index contributed by atoms with van der Waals surface area (Å²) in [4.78, 5) is 29.7. The van der Waals surface area contributed by atoms with Gasteiger partial charge in [0.15, 0.2) is 5.65 Å². The van der Waals surface area contributed by atoms with E-state index in [0.29, 0.717) is 16.3 Å². The summed E-state index contributed by atoms with van der Waals surface area (Å²) in [7, 11) is 0. The summed E-state index contributed by atoms with van der Waals surface area (Å²) in [6.07, 6.45) is 0. The van der Waals surface area contributed by atoms with Crippen LogP contribution in [0.5, 0.6) is 0 Å². The molecule has 0 aliphatic rings. The molecule has 4 heterocycles. The molecule has 0 atom stereocenters. The summed E-state index contributed by atoms with van der Waals surface area (Å²) >= 11 is 1.41. The number of aryl methyl sites for hydroxylation is 3. The van der Waals surface area contributed by atoms with Crippen LogP contribution in [0.3, 0.4) is 0 Å². The highest BCUT2D eigenvalue weighted by Crippen LogP contribution is 2.12. The summed E-state index contributed by atoms with van der Waals surface area (Å²) in [5, 5.41) is 9.16. The van der Waals surface area contributed by atoms with Gasteiger partial charge in [0.25, 0.3) is 5.56 Å². The molecule has 9 heteroatoms. The van der Waals surface area contributed by atoms with Gasteiger partial charge in [0, 0.05) is 28.4 Å². The van der Waals surface area contributed by atoms with Crippen LogP contribution < -0.4 is 11.2 Å². The van der Waals surface area contributed by atoms with Crippen LogP contribution in [0.15, 0.2) is 21.0 Å². The monoisotopic (exact) mass is 330 g/mol. The number of hydrogen-bond donors (Lipinski definition) is 1. The molecule has 23 heavy (non-hydrogen) atoms. The van der Waals surface area contributed by atoms with Gasteiger partial charge in [-0.3, -0.25) is 9.89 Å². The molecular formula is C14H14N6O2S. The predicted octanol–water partition coefficient (Wildman–Crippen LogP) is 0.867. The van der Waals surface area contributed by atoms with Gasteiger partial charge in [0.1, 0.15) is 0 Å². The van der Waals surface area contributed by atoms with Crippen LogP contribution in [0.25, 0.3) is 10.6 Å². The average molecular weight is 330 g/mol. The van der Waals surface area contributed by atoms with E-state index in [9.17, 15) is 9.59 Å². The van der Waals surface area contributed by atoms with Crippen LogP contribution in [0.4, 0.5) is 0 Å². The maximum Gasteiger partial charge on any atom is 0.351 e. The van der Waals surface area contributed by atoms with E-state index in [1.54, 1.807) is 4.40 Å². The second kappa shape index (κ2) is 4.66. The van der Waals surface area contributed by atoms with E-state index in [4.69, 9.17) is 0 Å². The molecule has 0 spiro atoms. The largest absolute Gasteiger partial charge is 0.351 e. The smallest absolute Gasteiger partial charge is 0.294 e. The van der Waals surface area contributed by atoms with Crippen molar-refractivity contribution >= 4 is 21.9 Å². The van der Waals surface area contributed by atoms with Crippen molar-refractivity contribution in [1.29, 1.82) is 0 Å². The molecule has 4 aromatic rings. The molecule has 0 fully saturated rings. The van der Waals surface area contributed by atoms with Crippen LogP contribution in [0, 0.1) is 20.8 Å². The van der Waals surface area contributed by atoms with E-state index in [1.165, 1.54) is 26.6 Å². The molecule has 8 nitrogen and oxygen atoms in total. The fourth-order valence-electron chi connectivity index (χ4n) is 2.60. The van der Waals surface area contributed by atoms with Crippen molar-refractivity contribution in [2.45, 2.75) is 27.3 Å².